The highest BCUT2D eigenvalue weighted by atomic mass is 35.5. The molecule has 0 heterocycles. The zero-order chi connectivity index (χ0) is 19.3. The van der Waals surface area contributed by atoms with Crippen molar-refractivity contribution in [1.82, 2.24) is 0 Å². The topological polar surface area (TPSA) is 111 Å². The maximum absolute atomic E-state index is 12.0. The minimum absolute atomic E-state index is 0.0695. The summed E-state index contributed by atoms with van der Waals surface area (Å²) in [5, 5.41) is 6.46. The standard InChI is InChI=1S/C16H15Cl2N3O4S/c1-10-2-5-12(6-3-10)26(23,24)25-21-15(19)9-16(22)20-11-4-7-13(17)14(18)8-11/h2-8H,9H2,1H3,(H2,19,21)(H,20,22). The van der Waals surface area contributed by atoms with Crippen LogP contribution in [0.15, 0.2) is 52.5 Å². The second-order valence-electron chi connectivity index (χ2n) is 5.28. The van der Waals surface area contributed by atoms with Gasteiger partial charge in [-0.05, 0) is 37.3 Å². The van der Waals surface area contributed by atoms with Gasteiger partial charge < -0.3 is 11.1 Å². The van der Waals surface area contributed by atoms with Crippen LogP contribution in [0.25, 0.3) is 0 Å². The van der Waals surface area contributed by atoms with Crippen molar-refractivity contribution >= 4 is 50.8 Å². The Balaban J connectivity index is 1.97. The fourth-order valence-electron chi connectivity index (χ4n) is 1.82. The summed E-state index contributed by atoms with van der Waals surface area (Å²) in [5.41, 5.74) is 6.85. The zero-order valence-corrected chi connectivity index (χ0v) is 15.9. The lowest BCUT2D eigenvalue weighted by Gasteiger charge is -2.06. The van der Waals surface area contributed by atoms with E-state index in [1.165, 1.54) is 24.3 Å². The van der Waals surface area contributed by atoms with Gasteiger partial charge in [0.1, 0.15) is 10.7 Å². The van der Waals surface area contributed by atoms with E-state index >= 15 is 0 Å². The number of oxime groups is 1. The normalized spacial score (nSPS) is 11.9. The molecule has 2 aromatic rings. The van der Waals surface area contributed by atoms with Crippen molar-refractivity contribution in [3.05, 3.63) is 58.1 Å². The number of amidine groups is 1. The first-order chi connectivity index (χ1) is 12.2. The van der Waals surface area contributed by atoms with Crippen LogP contribution < -0.4 is 11.1 Å². The van der Waals surface area contributed by atoms with E-state index in [9.17, 15) is 13.2 Å². The van der Waals surface area contributed by atoms with E-state index < -0.39 is 16.0 Å². The molecule has 0 spiro atoms. The third-order valence-corrected chi connectivity index (χ3v) is 4.97. The summed E-state index contributed by atoms with van der Waals surface area (Å²) >= 11 is 11.6. The van der Waals surface area contributed by atoms with Crippen LogP contribution >= 0.6 is 23.2 Å². The number of halogens is 2. The second-order valence-corrected chi connectivity index (χ2v) is 7.62. The van der Waals surface area contributed by atoms with Crippen molar-refractivity contribution in [2.24, 2.45) is 10.9 Å². The highest BCUT2D eigenvalue weighted by Gasteiger charge is 2.16. The summed E-state index contributed by atoms with van der Waals surface area (Å²) < 4.78 is 28.5. The number of carbonyl (C=O) groups is 1. The zero-order valence-electron chi connectivity index (χ0n) is 13.6. The average Bonchev–Trinajstić information content (AvgIpc) is 2.57. The molecule has 7 nitrogen and oxygen atoms in total. The molecule has 10 heteroatoms. The molecule has 0 saturated carbocycles. The highest BCUT2D eigenvalue weighted by molar-refractivity contribution is 7.86. The van der Waals surface area contributed by atoms with Crippen molar-refractivity contribution in [3.8, 4) is 0 Å². The summed E-state index contributed by atoms with van der Waals surface area (Å²) in [4.78, 5) is 11.8. The fourth-order valence-corrected chi connectivity index (χ4v) is 2.87. The molecule has 0 atom stereocenters. The summed E-state index contributed by atoms with van der Waals surface area (Å²) in [6, 6.07) is 10.5. The number of nitrogens with zero attached hydrogens (tertiary/aromatic N) is 1. The van der Waals surface area contributed by atoms with Crippen LogP contribution in [0.2, 0.25) is 10.0 Å². The predicted octanol–water partition coefficient (Wildman–Crippen LogP) is 3.31. The molecular formula is C16H15Cl2N3O4S. The number of nitrogens with two attached hydrogens (primary N) is 1. The Hall–Kier alpha value is -2.29. The third kappa shape index (κ3) is 5.62. The van der Waals surface area contributed by atoms with Gasteiger partial charge in [0.2, 0.25) is 5.91 Å². The average molecular weight is 416 g/mol. The molecule has 0 bridgehead atoms. The Kier molecular flexibility index (Phi) is 6.47. The molecule has 0 radical (unpaired) electrons. The van der Waals surface area contributed by atoms with Crippen LogP contribution in [-0.2, 0) is 19.2 Å². The van der Waals surface area contributed by atoms with Crippen LogP contribution in [0.1, 0.15) is 12.0 Å². The Morgan fingerprint density at radius 2 is 1.81 bits per heavy atom. The molecule has 2 aromatic carbocycles. The minimum Gasteiger partial charge on any atom is -0.384 e. The summed E-state index contributed by atoms with van der Waals surface area (Å²) in [6.07, 6.45) is -0.371. The fraction of sp³-hybridized carbons (Fsp3) is 0.125. The molecule has 138 valence electrons. The Morgan fingerprint density at radius 1 is 1.15 bits per heavy atom. The van der Waals surface area contributed by atoms with Crippen molar-refractivity contribution in [3.63, 3.8) is 0 Å². The molecule has 0 fully saturated rings. The van der Waals surface area contributed by atoms with Crippen LogP contribution in [-0.4, -0.2) is 20.2 Å². The number of carbonyl (C=O) groups excluding carboxylic acids is 1. The summed E-state index contributed by atoms with van der Waals surface area (Å²) in [6.45, 7) is 1.82. The van der Waals surface area contributed by atoms with E-state index in [1.54, 1.807) is 18.2 Å². The molecule has 0 aliphatic heterocycles. The van der Waals surface area contributed by atoms with Gasteiger partial charge in [0, 0.05) is 5.69 Å². The summed E-state index contributed by atoms with van der Waals surface area (Å²) in [5.74, 6) is -0.834. The molecule has 3 N–H and O–H groups in total. The first-order valence-corrected chi connectivity index (χ1v) is 9.41. The molecule has 0 aromatic heterocycles. The number of nitrogens with one attached hydrogen (secondary N) is 1. The van der Waals surface area contributed by atoms with E-state index in [1.807, 2.05) is 6.92 Å². The lowest BCUT2D eigenvalue weighted by molar-refractivity contribution is -0.115. The number of benzene rings is 2. The Bertz CT molecular complexity index is 944. The number of amides is 1. The molecular weight excluding hydrogens is 401 g/mol. The highest BCUT2D eigenvalue weighted by Crippen LogP contribution is 2.25. The van der Waals surface area contributed by atoms with Crippen LogP contribution in [0.3, 0.4) is 0 Å². The number of rotatable bonds is 6. The first-order valence-electron chi connectivity index (χ1n) is 7.25. The van der Waals surface area contributed by atoms with Crippen LogP contribution in [0.4, 0.5) is 5.69 Å². The van der Waals surface area contributed by atoms with Crippen LogP contribution in [0.5, 0.6) is 0 Å². The SMILES string of the molecule is Cc1ccc(S(=O)(=O)ON=C(N)CC(=O)Nc2ccc(Cl)c(Cl)c2)cc1. The molecule has 1 amide bonds. The summed E-state index contributed by atoms with van der Waals surface area (Å²) in [7, 11) is -4.11. The minimum atomic E-state index is -4.11. The van der Waals surface area contributed by atoms with Gasteiger partial charge in [-0.3, -0.25) is 9.08 Å². The van der Waals surface area contributed by atoms with Gasteiger partial charge >= 0.3 is 10.1 Å². The quantitative estimate of drug-likeness (QED) is 0.427. The number of hydrogen-bond donors (Lipinski definition) is 2. The molecule has 2 rings (SSSR count). The lowest BCUT2D eigenvalue weighted by Crippen LogP contribution is -2.22. The van der Waals surface area contributed by atoms with Gasteiger partial charge in [-0.25, -0.2) is 0 Å². The first kappa shape index (κ1) is 20.0. The smallest absolute Gasteiger partial charge is 0.358 e. The molecule has 0 aliphatic rings. The molecule has 0 unspecified atom stereocenters. The number of anilines is 1. The lowest BCUT2D eigenvalue weighted by atomic mass is 10.2. The van der Waals surface area contributed by atoms with Gasteiger partial charge in [-0.1, -0.05) is 46.1 Å². The van der Waals surface area contributed by atoms with Gasteiger partial charge in [0.05, 0.1) is 16.5 Å². The van der Waals surface area contributed by atoms with Crippen molar-refractivity contribution in [2.45, 2.75) is 18.2 Å². The van der Waals surface area contributed by atoms with Gasteiger partial charge in [0.25, 0.3) is 0 Å². The molecule has 26 heavy (non-hydrogen) atoms. The van der Waals surface area contributed by atoms with Gasteiger partial charge in [0.15, 0.2) is 0 Å². The van der Waals surface area contributed by atoms with Gasteiger partial charge in [-0.15, -0.1) is 0 Å². The second kappa shape index (κ2) is 8.39. The Labute approximate surface area is 160 Å². The molecule has 0 aliphatic carbocycles. The van der Waals surface area contributed by atoms with E-state index in [0.717, 1.165) is 5.56 Å². The maximum atomic E-state index is 12.0. The van der Waals surface area contributed by atoms with Crippen molar-refractivity contribution in [1.29, 1.82) is 0 Å². The maximum Gasteiger partial charge on any atom is 0.358 e. The Morgan fingerprint density at radius 3 is 2.42 bits per heavy atom. The third-order valence-electron chi connectivity index (χ3n) is 3.11. The van der Waals surface area contributed by atoms with Crippen molar-refractivity contribution in [2.75, 3.05) is 5.32 Å². The molecule has 0 saturated heterocycles. The van der Waals surface area contributed by atoms with E-state index in [4.69, 9.17) is 28.9 Å². The van der Waals surface area contributed by atoms with Gasteiger partial charge in [-0.2, -0.15) is 8.42 Å². The largest absolute Gasteiger partial charge is 0.384 e. The number of hydrogen-bond acceptors (Lipinski definition) is 5. The predicted molar refractivity (Wildman–Crippen MR) is 101 cm³/mol. The van der Waals surface area contributed by atoms with E-state index in [0.29, 0.717) is 10.7 Å². The van der Waals surface area contributed by atoms with Crippen LogP contribution in [0, 0.1) is 6.92 Å². The van der Waals surface area contributed by atoms with E-state index in [-0.39, 0.29) is 22.2 Å². The monoisotopic (exact) mass is 415 g/mol. The van der Waals surface area contributed by atoms with E-state index in [2.05, 4.69) is 14.8 Å². The van der Waals surface area contributed by atoms with Crippen molar-refractivity contribution < 1.29 is 17.5 Å². The number of aryl methyl sites for hydroxylation is 1.